The second-order valence-corrected chi connectivity index (χ2v) is 4.02. The number of likely N-dealkylation sites (tertiary alicyclic amines) is 1. The first-order valence-corrected chi connectivity index (χ1v) is 5.35. The lowest BCUT2D eigenvalue weighted by molar-refractivity contribution is -0.122. The van der Waals surface area contributed by atoms with Crippen LogP contribution in [0.3, 0.4) is 0 Å². The number of carbonyl (C=O) groups is 1. The van der Waals surface area contributed by atoms with Gasteiger partial charge in [0, 0.05) is 25.6 Å². The topological polar surface area (TPSA) is 44.4 Å². The monoisotopic (exact) mass is 199 g/mol. The van der Waals surface area contributed by atoms with Crippen molar-refractivity contribution < 1.29 is 4.79 Å². The normalized spacial score (nSPS) is 23.4. The van der Waals surface area contributed by atoms with Crippen molar-refractivity contribution in [2.75, 3.05) is 33.7 Å². The molecule has 82 valence electrons. The lowest BCUT2D eigenvalue weighted by Gasteiger charge is -2.30. The molecule has 0 aliphatic carbocycles. The van der Waals surface area contributed by atoms with Crippen LogP contribution in [-0.4, -0.2) is 50.6 Å². The fourth-order valence-corrected chi connectivity index (χ4v) is 1.82. The van der Waals surface area contributed by atoms with Gasteiger partial charge in [-0.25, -0.2) is 0 Å². The van der Waals surface area contributed by atoms with Crippen molar-refractivity contribution in [1.82, 2.24) is 15.5 Å². The molecule has 0 bridgehead atoms. The Morgan fingerprint density at radius 2 is 2.36 bits per heavy atom. The van der Waals surface area contributed by atoms with Gasteiger partial charge in [0.15, 0.2) is 0 Å². The molecule has 0 spiro atoms. The number of hydrogen-bond acceptors (Lipinski definition) is 3. The van der Waals surface area contributed by atoms with E-state index in [4.69, 9.17) is 0 Å². The quantitative estimate of drug-likeness (QED) is 0.659. The highest BCUT2D eigenvalue weighted by Crippen LogP contribution is 2.07. The van der Waals surface area contributed by atoms with Crippen molar-refractivity contribution in [2.24, 2.45) is 0 Å². The summed E-state index contributed by atoms with van der Waals surface area (Å²) in [6.45, 7) is 2.91. The Bertz CT molecular complexity index is 184. The fraction of sp³-hybridized carbons (Fsp3) is 0.900. The van der Waals surface area contributed by atoms with Gasteiger partial charge in [-0.3, -0.25) is 4.79 Å². The predicted molar refractivity (Wildman–Crippen MR) is 57.2 cm³/mol. The Kier molecular flexibility index (Phi) is 4.90. The second kappa shape index (κ2) is 5.98. The van der Waals surface area contributed by atoms with Gasteiger partial charge in [0.1, 0.15) is 0 Å². The highest BCUT2D eigenvalue weighted by Gasteiger charge is 2.18. The average molecular weight is 199 g/mol. The van der Waals surface area contributed by atoms with Crippen LogP contribution in [0.15, 0.2) is 0 Å². The lowest BCUT2D eigenvalue weighted by atomic mass is 10.1. The average Bonchev–Trinajstić information content (AvgIpc) is 2.15. The first-order chi connectivity index (χ1) is 6.72. The zero-order valence-electron chi connectivity index (χ0n) is 9.18. The van der Waals surface area contributed by atoms with Gasteiger partial charge >= 0.3 is 0 Å². The van der Waals surface area contributed by atoms with Crippen LogP contribution in [0, 0.1) is 0 Å². The molecule has 1 fully saturated rings. The lowest BCUT2D eigenvalue weighted by Crippen LogP contribution is -2.46. The Balaban J connectivity index is 2.18. The number of likely N-dealkylation sites (N-methyl/N-ethyl adjacent to an activating group) is 1. The maximum atomic E-state index is 11.4. The van der Waals surface area contributed by atoms with E-state index in [1.165, 1.54) is 6.42 Å². The van der Waals surface area contributed by atoms with Gasteiger partial charge in [0.2, 0.25) is 5.91 Å². The number of rotatable bonds is 4. The van der Waals surface area contributed by atoms with E-state index in [1.54, 1.807) is 0 Å². The van der Waals surface area contributed by atoms with Crippen molar-refractivity contribution in [3.8, 4) is 0 Å². The van der Waals surface area contributed by atoms with E-state index in [0.29, 0.717) is 12.5 Å². The summed E-state index contributed by atoms with van der Waals surface area (Å²) in [6, 6.07) is 0.359. The van der Waals surface area contributed by atoms with Crippen molar-refractivity contribution in [3.63, 3.8) is 0 Å². The van der Waals surface area contributed by atoms with Crippen LogP contribution >= 0.6 is 0 Å². The molecule has 1 amide bonds. The first-order valence-electron chi connectivity index (χ1n) is 5.35. The molecule has 4 nitrogen and oxygen atoms in total. The number of amides is 1. The molecule has 1 saturated heterocycles. The molecule has 1 unspecified atom stereocenters. The summed E-state index contributed by atoms with van der Waals surface area (Å²) in [4.78, 5) is 13.7. The van der Waals surface area contributed by atoms with Crippen LogP contribution in [0.4, 0.5) is 0 Å². The van der Waals surface area contributed by atoms with Crippen LogP contribution in [0.25, 0.3) is 0 Å². The SMILES string of the molecule is CNCCC(=O)NC1CCCN(C)C1. The molecule has 2 N–H and O–H groups in total. The van der Waals surface area contributed by atoms with E-state index in [-0.39, 0.29) is 5.91 Å². The first kappa shape index (κ1) is 11.5. The minimum Gasteiger partial charge on any atom is -0.352 e. The third-order valence-corrected chi connectivity index (χ3v) is 2.59. The Morgan fingerprint density at radius 1 is 1.57 bits per heavy atom. The smallest absolute Gasteiger partial charge is 0.221 e. The van der Waals surface area contributed by atoms with Gasteiger partial charge in [0.25, 0.3) is 0 Å². The van der Waals surface area contributed by atoms with Gasteiger partial charge in [-0.15, -0.1) is 0 Å². The van der Waals surface area contributed by atoms with Crippen LogP contribution in [0.1, 0.15) is 19.3 Å². The summed E-state index contributed by atoms with van der Waals surface area (Å²) in [5.74, 6) is 0.166. The van der Waals surface area contributed by atoms with Gasteiger partial charge in [-0.1, -0.05) is 0 Å². The summed E-state index contributed by atoms with van der Waals surface area (Å²) < 4.78 is 0. The van der Waals surface area contributed by atoms with Crippen LogP contribution in [0.2, 0.25) is 0 Å². The molecule has 1 rings (SSSR count). The standard InChI is InChI=1S/C10H21N3O/c1-11-6-5-10(14)12-9-4-3-7-13(2)8-9/h9,11H,3-8H2,1-2H3,(H,12,14). The molecular weight excluding hydrogens is 178 g/mol. The van der Waals surface area contributed by atoms with E-state index >= 15 is 0 Å². The largest absolute Gasteiger partial charge is 0.352 e. The zero-order valence-corrected chi connectivity index (χ0v) is 9.18. The predicted octanol–water partition coefficient (Wildman–Crippen LogP) is -0.194. The molecule has 0 aromatic carbocycles. The number of nitrogens with one attached hydrogen (secondary N) is 2. The van der Waals surface area contributed by atoms with E-state index in [1.807, 2.05) is 7.05 Å². The molecule has 0 radical (unpaired) electrons. The maximum Gasteiger partial charge on any atom is 0.221 e. The van der Waals surface area contributed by atoms with E-state index in [2.05, 4.69) is 22.6 Å². The molecule has 0 aromatic rings. The Morgan fingerprint density at radius 3 is 3.00 bits per heavy atom. The summed E-state index contributed by atoms with van der Waals surface area (Å²) in [7, 11) is 3.97. The van der Waals surface area contributed by atoms with E-state index in [9.17, 15) is 4.79 Å². The van der Waals surface area contributed by atoms with Crippen molar-refractivity contribution in [1.29, 1.82) is 0 Å². The van der Waals surface area contributed by atoms with E-state index in [0.717, 1.165) is 26.1 Å². The Hall–Kier alpha value is -0.610. The van der Waals surface area contributed by atoms with E-state index < -0.39 is 0 Å². The van der Waals surface area contributed by atoms with Gasteiger partial charge in [-0.05, 0) is 33.5 Å². The molecule has 1 aliphatic heterocycles. The second-order valence-electron chi connectivity index (χ2n) is 4.02. The summed E-state index contributed by atoms with van der Waals surface area (Å²) in [5.41, 5.74) is 0. The summed E-state index contributed by atoms with van der Waals surface area (Å²) in [6.07, 6.45) is 2.89. The molecule has 1 atom stereocenters. The summed E-state index contributed by atoms with van der Waals surface area (Å²) in [5, 5.41) is 6.04. The number of piperidine rings is 1. The Labute approximate surface area is 86.0 Å². The van der Waals surface area contributed by atoms with Gasteiger partial charge in [0.05, 0.1) is 0 Å². The number of carbonyl (C=O) groups excluding carboxylic acids is 1. The minimum absolute atomic E-state index is 0.166. The van der Waals surface area contributed by atoms with Crippen molar-refractivity contribution >= 4 is 5.91 Å². The maximum absolute atomic E-state index is 11.4. The molecule has 4 heteroatoms. The minimum atomic E-state index is 0.166. The highest BCUT2D eigenvalue weighted by atomic mass is 16.1. The third kappa shape index (κ3) is 4.07. The van der Waals surface area contributed by atoms with Crippen molar-refractivity contribution in [2.45, 2.75) is 25.3 Å². The van der Waals surface area contributed by atoms with Crippen molar-refractivity contribution in [3.05, 3.63) is 0 Å². The third-order valence-electron chi connectivity index (χ3n) is 2.59. The van der Waals surface area contributed by atoms with Crippen LogP contribution in [0.5, 0.6) is 0 Å². The number of hydrogen-bond donors (Lipinski definition) is 2. The van der Waals surface area contributed by atoms with Crippen LogP contribution < -0.4 is 10.6 Å². The fourth-order valence-electron chi connectivity index (χ4n) is 1.82. The highest BCUT2D eigenvalue weighted by molar-refractivity contribution is 5.76. The molecule has 0 aromatic heterocycles. The molecule has 1 heterocycles. The van der Waals surface area contributed by atoms with Gasteiger partial charge < -0.3 is 15.5 Å². The zero-order chi connectivity index (χ0) is 10.4. The molecule has 0 saturated carbocycles. The molecule has 14 heavy (non-hydrogen) atoms. The molecular formula is C10H21N3O. The number of nitrogens with zero attached hydrogens (tertiary/aromatic N) is 1. The van der Waals surface area contributed by atoms with Gasteiger partial charge in [-0.2, -0.15) is 0 Å². The summed E-state index contributed by atoms with van der Waals surface area (Å²) >= 11 is 0. The molecule has 1 aliphatic rings. The van der Waals surface area contributed by atoms with Crippen LogP contribution in [-0.2, 0) is 4.79 Å².